The standard InChI is InChI=1S/C17H20N2O2.C9H13N3O4/c1-17(2)11-8-19(9-12(11)17)16(20)14-7-10-13(18-14)5-4-6-15(10)21-3;10-8(15)7(14)6(12-4-13)3-5-1-2-11-9(5)16/h4-7,11-12,18H,8-9H2,1-3H3;4-6H,1-3H2,(H2,10,15)(H,11,16)(H,12,13). The molecule has 1 aromatic heterocycles. The molecule has 198 valence electrons. The molecular formula is C26H33N5O6. The van der Waals surface area contributed by atoms with Crippen molar-refractivity contribution in [2.75, 3.05) is 26.7 Å². The number of nitrogens with one attached hydrogen (secondary N) is 3. The van der Waals surface area contributed by atoms with Crippen molar-refractivity contribution in [1.29, 1.82) is 0 Å². The molecule has 0 radical (unpaired) electrons. The van der Waals surface area contributed by atoms with Crippen molar-refractivity contribution in [3.05, 3.63) is 30.0 Å². The van der Waals surface area contributed by atoms with E-state index in [0.717, 1.165) is 29.7 Å². The fraction of sp³-hybridized carbons (Fsp3) is 0.500. The number of methoxy groups -OCH3 is 1. The average Bonchev–Trinajstić information content (AvgIpc) is 3.42. The number of hydrogen-bond donors (Lipinski definition) is 4. The van der Waals surface area contributed by atoms with Crippen LogP contribution in [0.15, 0.2) is 24.3 Å². The molecule has 5 rings (SSSR count). The Morgan fingerprint density at radius 2 is 1.97 bits per heavy atom. The largest absolute Gasteiger partial charge is 0.496 e. The number of fused-ring (bicyclic) bond motifs is 2. The van der Waals surface area contributed by atoms with Gasteiger partial charge in [-0.15, -0.1) is 0 Å². The molecule has 0 spiro atoms. The SMILES string of the molecule is COc1cccc2[nH]c(C(=O)N3CC4C(C3)C4(C)C)cc12.NC(=O)C(=O)C(CC1CCNC1=O)NC=O. The number of nitrogens with zero attached hydrogens (tertiary/aromatic N) is 1. The highest BCUT2D eigenvalue weighted by molar-refractivity contribution is 6.37. The topological polar surface area (TPSA) is 164 Å². The molecule has 3 aliphatic rings. The number of hydrogen-bond acceptors (Lipinski definition) is 6. The maximum atomic E-state index is 12.6. The van der Waals surface area contributed by atoms with Gasteiger partial charge in [-0.2, -0.15) is 0 Å². The lowest BCUT2D eigenvalue weighted by Crippen LogP contribution is -2.44. The Bertz CT molecular complexity index is 1220. The molecule has 2 saturated heterocycles. The van der Waals surface area contributed by atoms with Crippen molar-refractivity contribution < 1.29 is 28.7 Å². The van der Waals surface area contributed by atoms with Crippen LogP contribution in [0.5, 0.6) is 5.75 Å². The number of carbonyl (C=O) groups excluding carboxylic acids is 5. The summed E-state index contributed by atoms with van der Waals surface area (Å²) in [5.74, 6) is -0.259. The third-order valence-electron chi connectivity index (χ3n) is 8.00. The number of rotatable bonds is 8. The number of ketones is 1. The number of benzene rings is 1. The summed E-state index contributed by atoms with van der Waals surface area (Å²) in [6, 6.07) is 6.71. The van der Waals surface area contributed by atoms with Crippen LogP contribution in [0.2, 0.25) is 0 Å². The van der Waals surface area contributed by atoms with Crippen molar-refractivity contribution in [1.82, 2.24) is 20.5 Å². The lowest BCUT2D eigenvalue weighted by Gasteiger charge is -2.21. The molecule has 4 unspecified atom stereocenters. The Labute approximate surface area is 214 Å². The summed E-state index contributed by atoms with van der Waals surface area (Å²) in [6.07, 6.45) is 1.01. The Kier molecular flexibility index (Phi) is 7.24. The summed E-state index contributed by atoms with van der Waals surface area (Å²) in [7, 11) is 1.65. The molecule has 2 aromatic rings. The van der Waals surface area contributed by atoms with Crippen LogP contribution in [-0.2, 0) is 19.2 Å². The lowest BCUT2D eigenvalue weighted by atomic mass is 9.96. The van der Waals surface area contributed by atoms with E-state index in [4.69, 9.17) is 10.5 Å². The third kappa shape index (κ3) is 5.16. The summed E-state index contributed by atoms with van der Waals surface area (Å²) < 4.78 is 5.35. The Balaban J connectivity index is 0.000000181. The Morgan fingerprint density at radius 3 is 2.54 bits per heavy atom. The van der Waals surface area contributed by atoms with Crippen LogP contribution in [0.3, 0.4) is 0 Å². The molecule has 11 nitrogen and oxygen atoms in total. The second-order valence-electron chi connectivity index (χ2n) is 10.4. The van der Waals surface area contributed by atoms with Gasteiger partial charge in [0, 0.05) is 36.5 Å². The van der Waals surface area contributed by atoms with Gasteiger partial charge in [-0.05, 0) is 48.3 Å². The van der Waals surface area contributed by atoms with E-state index in [1.807, 2.05) is 29.2 Å². The van der Waals surface area contributed by atoms with Crippen molar-refractivity contribution in [2.45, 2.75) is 32.7 Å². The fourth-order valence-electron chi connectivity index (χ4n) is 5.55. The number of likely N-dealkylation sites (tertiary alicyclic amines) is 1. The van der Waals surface area contributed by atoms with E-state index in [1.165, 1.54) is 0 Å². The number of carbonyl (C=O) groups is 5. The van der Waals surface area contributed by atoms with E-state index in [0.29, 0.717) is 42.3 Å². The summed E-state index contributed by atoms with van der Waals surface area (Å²) in [5, 5.41) is 5.77. The van der Waals surface area contributed by atoms with E-state index in [9.17, 15) is 24.0 Å². The van der Waals surface area contributed by atoms with E-state index < -0.39 is 17.7 Å². The Morgan fingerprint density at radius 1 is 1.27 bits per heavy atom. The monoisotopic (exact) mass is 511 g/mol. The third-order valence-corrected chi connectivity index (χ3v) is 8.00. The number of nitrogens with two attached hydrogens (primary N) is 1. The van der Waals surface area contributed by atoms with Crippen LogP contribution in [-0.4, -0.2) is 72.6 Å². The zero-order chi connectivity index (χ0) is 26.9. The highest BCUT2D eigenvalue weighted by atomic mass is 16.5. The van der Waals surface area contributed by atoms with Crippen molar-refractivity contribution >= 4 is 40.8 Å². The zero-order valence-corrected chi connectivity index (χ0v) is 21.2. The minimum atomic E-state index is -1.11. The molecule has 3 heterocycles. The maximum Gasteiger partial charge on any atom is 0.287 e. The molecule has 1 aromatic carbocycles. The number of piperidine rings is 1. The van der Waals surface area contributed by atoms with Crippen LogP contribution in [0, 0.1) is 23.2 Å². The van der Waals surface area contributed by atoms with Gasteiger partial charge in [0.05, 0.1) is 13.2 Å². The summed E-state index contributed by atoms with van der Waals surface area (Å²) in [4.78, 5) is 61.4. The molecule has 4 amide bonds. The predicted molar refractivity (Wildman–Crippen MR) is 134 cm³/mol. The molecule has 3 fully saturated rings. The second-order valence-corrected chi connectivity index (χ2v) is 10.4. The van der Waals surface area contributed by atoms with Gasteiger partial charge >= 0.3 is 0 Å². The first kappa shape index (κ1) is 26.2. The molecule has 1 saturated carbocycles. The quantitative estimate of drug-likeness (QED) is 0.299. The van der Waals surface area contributed by atoms with Crippen LogP contribution < -0.4 is 21.1 Å². The van der Waals surface area contributed by atoms with Gasteiger partial charge in [0.25, 0.3) is 11.8 Å². The lowest BCUT2D eigenvalue weighted by molar-refractivity contribution is -0.138. The van der Waals surface area contributed by atoms with Crippen molar-refractivity contribution in [2.24, 2.45) is 28.9 Å². The van der Waals surface area contributed by atoms with Crippen LogP contribution in [0.25, 0.3) is 10.9 Å². The van der Waals surface area contributed by atoms with Gasteiger partial charge in [0.15, 0.2) is 0 Å². The van der Waals surface area contributed by atoms with E-state index >= 15 is 0 Å². The van der Waals surface area contributed by atoms with Crippen molar-refractivity contribution in [3.8, 4) is 5.75 Å². The molecule has 2 aliphatic heterocycles. The van der Waals surface area contributed by atoms with Gasteiger partial charge in [-0.1, -0.05) is 19.9 Å². The number of H-pyrrole nitrogens is 1. The molecule has 1 aliphatic carbocycles. The summed E-state index contributed by atoms with van der Waals surface area (Å²) in [5.41, 5.74) is 6.87. The van der Waals surface area contributed by atoms with Gasteiger partial charge in [-0.3, -0.25) is 24.0 Å². The summed E-state index contributed by atoms with van der Waals surface area (Å²) >= 11 is 0. The highest BCUT2D eigenvalue weighted by Crippen LogP contribution is 2.62. The normalized spacial score (nSPS) is 23.8. The summed E-state index contributed by atoms with van der Waals surface area (Å²) in [6.45, 7) is 6.93. The smallest absolute Gasteiger partial charge is 0.287 e. The predicted octanol–water partition coefficient (Wildman–Crippen LogP) is 0.586. The molecule has 11 heteroatoms. The Hall–Kier alpha value is -3.89. The number of ether oxygens (including phenoxy) is 1. The number of aromatic nitrogens is 1. The van der Waals surface area contributed by atoms with Crippen LogP contribution in [0.1, 0.15) is 37.2 Å². The molecule has 0 bridgehead atoms. The van der Waals surface area contributed by atoms with Gasteiger partial charge in [0.2, 0.25) is 18.1 Å². The second kappa shape index (κ2) is 10.2. The average molecular weight is 512 g/mol. The molecule has 37 heavy (non-hydrogen) atoms. The van der Waals surface area contributed by atoms with Gasteiger partial charge in [-0.25, -0.2) is 0 Å². The zero-order valence-electron chi connectivity index (χ0n) is 21.2. The number of amides is 4. The van der Waals surface area contributed by atoms with Crippen LogP contribution in [0.4, 0.5) is 0 Å². The molecule has 5 N–H and O–H groups in total. The molecular weight excluding hydrogens is 478 g/mol. The van der Waals surface area contributed by atoms with E-state index in [-0.39, 0.29) is 24.2 Å². The highest BCUT2D eigenvalue weighted by Gasteiger charge is 2.62. The van der Waals surface area contributed by atoms with Crippen LogP contribution >= 0.6 is 0 Å². The minimum absolute atomic E-state index is 0.104. The first-order chi connectivity index (χ1) is 17.6. The first-order valence-electron chi connectivity index (χ1n) is 12.3. The fourth-order valence-corrected chi connectivity index (χ4v) is 5.55. The van der Waals surface area contributed by atoms with Crippen molar-refractivity contribution in [3.63, 3.8) is 0 Å². The number of aromatic amines is 1. The van der Waals surface area contributed by atoms with Gasteiger partial charge in [0.1, 0.15) is 11.4 Å². The molecule has 4 atom stereocenters. The minimum Gasteiger partial charge on any atom is -0.496 e. The number of Topliss-reactive ketones (excluding diaryl/α,β-unsaturated/α-hetero) is 1. The number of primary amides is 1. The van der Waals surface area contributed by atoms with E-state index in [2.05, 4.69) is 29.5 Å². The first-order valence-corrected chi connectivity index (χ1v) is 12.3. The van der Waals surface area contributed by atoms with E-state index in [1.54, 1.807) is 7.11 Å². The maximum absolute atomic E-state index is 12.6. The van der Waals surface area contributed by atoms with Gasteiger partial charge < -0.3 is 31.0 Å².